The van der Waals surface area contributed by atoms with E-state index in [1.807, 2.05) is 0 Å². The van der Waals surface area contributed by atoms with Gasteiger partial charge in [0.25, 0.3) is 0 Å². The van der Waals surface area contributed by atoms with E-state index in [4.69, 9.17) is 0 Å². The zero-order chi connectivity index (χ0) is 13.2. The van der Waals surface area contributed by atoms with Crippen molar-refractivity contribution >= 4 is 9.84 Å². The van der Waals surface area contributed by atoms with Crippen molar-refractivity contribution in [2.24, 2.45) is 0 Å². The molecule has 0 aromatic heterocycles. The number of rotatable bonds is 3. The number of hydrogen-bond acceptors (Lipinski definition) is 4. The van der Waals surface area contributed by atoms with E-state index < -0.39 is 21.3 Å². The fourth-order valence-corrected chi connectivity index (χ4v) is 3.83. The van der Waals surface area contributed by atoms with Crippen molar-refractivity contribution in [3.05, 3.63) is 30.1 Å². The van der Waals surface area contributed by atoms with Crippen LogP contribution in [0.4, 0.5) is 4.39 Å². The predicted molar refractivity (Wildman–Crippen MR) is 65.5 cm³/mol. The van der Waals surface area contributed by atoms with Crippen molar-refractivity contribution < 1.29 is 17.9 Å². The highest BCUT2D eigenvalue weighted by Gasteiger charge is 2.35. The second-order valence-corrected chi connectivity index (χ2v) is 6.68. The second kappa shape index (κ2) is 4.95. The largest absolute Gasteiger partial charge is 0.389 e. The summed E-state index contributed by atoms with van der Waals surface area (Å²) in [5, 5.41) is 13.3. The Hall–Kier alpha value is -0.980. The van der Waals surface area contributed by atoms with E-state index in [0.717, 1.165) is 12.1 Å². The number of benzene rings is 1. The summed E-state index contributed by atoms with van der Waals surface area (Å²) in [4.78, 5) is 0.0517. The number of piperidine rings is 1. The fourth-order valence-electron chi connectivity index (χ4n) is 2.12. The van der Waals surface area contributed by atoms with Crippen LogP contribution in [0.2, 0.25) is 0 Å². The molecule has 2 N–H and O–H groups in total. The molecule has 1 aliphatic heterocycles. The smallest absolute Gasteiger partial charge is 0.181 e. The molecule has 1 aromatic rings. The number of sulfone groups is 1. The van der Waals surface area contributed by atoms with Crippen molar-refractivity contribution in [3.63, 3.8) is 0 Å². The molecular formula is C12H16FNO3S. The molecule has 0 spiro atoms. The Bertz CT molecular complexity index is 507. The first-order valence-corrected chi connectivity index (χ1v) is 7.48. The van der Waals surface area contributed by atoms with E-state index in [-0.39, 0.29) is 10.6 Å². The quantitative estimate of drug-likeness (QED) is 0.796. The third-order valence-electron chi connectivity index (χ3n) is 3.17. The maximum absolute atomic E-state index is 12.8. The van der Waals surface area contributed by atoms with E-state index in [1.165, 1.54) is 12.1 Å². The summed E-state index contributed by atoms with van der Waals surface area (Å²) in [5.74, 6) is -0.789. The molecular weight excluding hydrogens is 257 g/mol. The molecule has 0 amide bonds. The average molecular weight is 273 g/mol. The highest BCUT2D eigenvalue weighted by atomic mass is 32.2. The van der Waals surface area contributed by atoms with Crippen LogP contribution in [-0.2, 0) is 9.84 Å². The minimum absolute atomic E-state index is 0.0517. The summed E-state index contributed by atoms with van der Waals surface area (Å²) in [5.41, 5.74) is -1.18. The molecule has 18 heavy (non-hydrogen) atoms. The van der Waals surface area contributed by atoms with Crippen LogP contribution in [0, 0.1) is 5.82 Å². The van der Waals surface area contributed by atoms with Gasteiger partial charge in [-0.2, -0.15) is 0 Å². The van der Waals surface area contributed by atoms with Crippen LogP contribution in [0.15, 0.2) is 29.2 Å². The van der Waals surface area contributed by atoms with Crippen molar-refractivity contribution in [1.29, 1.82) is 0 Å². The van der Waals surface area contributed by atoms with Gasteiger partial charge < -0.3 is 10.4 Å². The van der Waals surface area contributed by atoms with E-state index in [2.05, 4.69) is 5.32 Å². The van der Waals surface area contributed by atoms with Crippen molar-refractivity contribution in [1.82, 2.24) is 5.32 Å². The Kier molecular flexibility index (Phi) is 3.70. The van der Waals surface area contributed by atoms with Gasteiger partial charge in [0, 0.05) is 0 Å². The monoisotopic (exact) mass is 273 g/mol. The lowest BCUT2D eigenvalue weighted by Gasteiger charge is -2.32. The third kappa shape index (κ3) is 3.07. The zero-order valence-corrected chi connectivity index (χ0v) is 10.7. The highest BCUT2D eigenvalue weighted by molar-refractivity contribution is 7.91. The normalized spacial score (nSPS) is 19.7. The molecule has 0 unspecified atom stereocenters. The first-order chi connectivity index (χ1) is 8.41. The van der Waals surface area contributed by atoms with Crippen molar-refractivity contribution in [2.75, 3.05) is 18.8 Å². The number of hydrogen-bond donors (Lipinski definition) is 2. The first-order valence-electron chi connectivity index (χ1n) is 5.83. The Morgan fingerprint density at radius 2 is 1.78 bits per heavy atom. The highest BCUT2D eigenvalue weighted by Crippen LogP contribution is 2.24. The van der Waals surface area contributed by atoms with E-state index in [9.17, 15) is 17.9 Å². The van der Waals surface area contributed by atoms with Crippen LogP contribution in [0.25, 0.3) is 0 Å². The summed E-state index contributed by atoms with van der Waals surface area (Å²) in [7, 11) is -3.58. The van der Waals surface area contributed by atoms with Gasteiger partial charge in [0.05, 0.1) is 16.2 Å². The Morgan fingerprint density at radius 3 is 2.33 bits per heavy atom. The van der Waals surface area contributed by atoms with Crippen LogP contribution in [0.5, 0.6) is 0 Å². The van der Waals surface area contributed by atoms with Crippen LogP contribution in [0.3, 0.4) is 0 Å². The summed E-state index contributed by atoms with van der Waals surface area (Å²) < 4.78 is 37.0. The Balaban J connectivity index is 2.18. The first kappa shape index (κ1) is 13.5. The lowest BCUT2D eigenvalue weighted by molar-refractivity contribution is 0.0323. The molecule has 2 rings (SSSR count). The summed E-state index contributed by atoms with van der Waals surface area (Å²) in [6.45, 7) is 1.21. The van der Waals surface area contributed by atoms with Crippen LogP contribution < -0.4 is 5.32 Å². The molecule has 0 atom stereocenters. The van der Waals surface area contributed by atoms with Gasteiger partial charge in [-0.3, -0.25) is 0 Å². The van der Waals surface area contributed by atoms with Crippen LogP contribution >= 0.6 is 0 Å². The van der Waals surface area contributed by atoms with Gasteiger partial charge in [0.1, 0.15) is 5.82 Å². The summed E-state index contributed by atoms with van der Waals surface area (Å²) >= 11 is 0. The minimum Gasteiger partial charge on any atom is -0.389 e. The van der Waals surface area contributed by atoms with Gasteiger partial charge in [-0.1, -0.05) is 0 Å². The van der Waals surface area contributed by atoms with Gasteiger partial charge in [-0.05, 0) is 50.2 Å². The Labute approximate surface area is 106 Å². The molecule has 0 aliphatic carbocycles. The van der Waals surface area contributed by atoms with Crippen molar-refractivity contribution in [2.45, 2.75) is 23.3 Å². The molecule has 1 aliphatic rings. The second-order valence-electron chi connectivity index (χ2n) is 4.69. The van der Waals surface area contributed by atoms with E-state index in [0.29, 0.717) is 25.9 Å². The number of aliphatic hydroxyl groups is 1. The lowest BCUT2D eigenvalue weighted by Crippen LogP contribution is -2.46. The molecule has 0 radical (unpaired) electrons. The SMILES string of the molecule is O=S(=O)(CC1(O)CCNCC1)c1ccc(F)cc1. The van der Waals surface area contributed by atoms with Crippen molar-refractivity contribution in [3.8, 4) is 0 Å². The maximum atomic E-state index is 12.8. The third-order valence-corrected chi connectivity index (χ3v) is 5.07. The standard InChI is InChI=1S/C12H16FNO3S/c13-10-1-3-11(4-2-10)18(16,17)9-12(15)5-7-14-8-6-12/h1-4,14-15H,5-9H2. The minimum atomic E-state index is -3.58. The maximum Gasteiger partial charge on any atom is 0.181 e. The van der Waals surface area contributed by atoms with Gasteiger partial charge in [-0.15, -0.1) is 0 Å². The van der Waals surface area contributed by atoms with E-state index >= 15 is 0 Å². The van der Waals surface area contributed by atoms with Crippen LogP contribution in [-0.4, -0.2) is 38.0 Å². The van der Waals surface area contributed by atoms with E-state index in [1.54, 1.807) is 0 Å². The molecule has 100 valence electrons. The number of nitrogens with one attached hydrogen (secondary N) is 1. The average Bonchev–Trinajstić information content (AvgIpc) is 2.29. The molecule has 1 heterocycles. The van der Waals surface area contributed by atoms with Crippen LogP contribution in [0.1, 0.15) is 12.8 Å². The van der Waals surface area contributed by atoms with Gasteiger partial charge in [-0.25, -0.2) is 12.8 Å². The molecule has 1 fully saturated rings. The number of halogens is 1. The van der Waals surface area contributed by atoms with Gasteiger partial charge in [0.2, 0.25) is 0 Å². The molecule has 4 nitrogen and oxygen atoms in total. The Morgan fingerprint density at radius 1 is 1.22 bits per heavy atom. The van der Waals surface area contributed by atoms with Gasteiger partial charge >= 0.3 is 0 Å². The molecule has 6 heteroatoms. The molecule has 1 aromatic carbocycles. The molecule has 0 bridgehead atoms. The summed E-state index contributed by atoms with van der Waals surface area (Å²) in [6, 6.07) is 4.68. The molecule has 0 saturated carbocycles. The lowest BCUT2D eigenvalue weighted by atomic mass is 9.95. The fraction of sp³-hybridized carbons (Fsp3) is 0.500. The molecule has 1 saturated heterocycles. The predicted octanol–water partition coefficient (Wildman–Crippen LogP) is 0.714. The topological polar surface area (TPSA) is 66.4 Å². The summed E-state index contributed by atoms with van der Waals surface area (Å²) in [6.07, 6.45) is 0.820. The van der Waals surface area contributed by atoms with Gasteiger partial charge in [0.15, 0.2) is 9.84 Å². The zero-order valence-electron chi connectivity index (χ0n) is 9.89.